The van der Waals surface area contributed by atoms with Crippen molar-refractivity contribution in [2.75, 3.05) is 5.32 Å². The van der Waals surface area contributed by atoms with E-state index in [4.69, 9.17) is 11.6 Å². The van der Waals surface area contributed by atoms with Gasteiger partial charge in [0, 0.05) is 12.5 Å². The van der Waals surface area contributed by atoms with Crippen LogP contribution >= 0.6 is 11.6 Å². The fourth-order valence-corrected chi connectivity index (χ4v) is 1.75. The largest absolute Gasteiger partial charge is 0.508 e. The van der Waals surface area contributed by atoms with E-state index in [-0.39, 0.29) is 11.7 Å². The SMILES string of the molecule is CCCCCCC(=O)Nc1ccc(O)cc1Cl. The standard InChI is InChI=1S/C13H18ClNO2/c1-2-3-4-5-6-13(17)15-12-8-7-10(16)9-11(12)14/h7-9,16H,2-6H2,1H3,(H,15,17). The Morgan fingerprint density at radius 2 is 2.12 bits per heavy atom. The second kappa shape index (κ2) is 7.17. The maximum absolute atomic E-state index is 11.6. The van der Waals surface area contributed by atoms with Gasteiger partial charge >= 0.3 is 0 Å². The molecule has 0 heterocycles. The summed E-state index contributed by atoms with van der Waals surface area (Å²) in [5.41, 5.74) is 0.546. The van der Waals surface area contributed by atoms with Crippen LogP contribution in [0.3, 0.4) is 0 Å². The summed E-state index contributed by atoms with van der Waals surface area (Å²) in [6, 6.07) is 4.51. The molecule has 0 aromatic heterocycles. The third kappa shape index (κ3) is 5.09. The van der Waals surface area contributed by atoms with Gasteiger partial charge in [0.05, 0.1) is 10.7 Å². The number of hydrogen-bond acceptors (Lipinski definition) is 2. The molecule has 0 aliphatic heterocycles. The first kappa shape index (κ1) is 13.8. The quantitative estimate of drug-likeness (QED) is 0.597. The van der Waals surface area contributed by atoms with Crippen LogP contribution in [0, 0.1) is 0 Å². The Morgan fingerprint density at radius 3 is 2.76 bits per heavy atom. The molecule has 0 saturated carbocycles. The van der Waals surface area contributed by atoms with E-state index in [1.54, 1.807) is 6.07 Å². The Bertz CT molecular complexity index is 380. The number of carbonyl (C=O) groups excluding carboxylic acids is 1. The zero-order valence-electron chi connectivity index (χ0n) is 10.0. The number of aromatic hydroxyl groups is 1. The maximum Gasteiger partial charge on any atom is 0.224 e. The maximum atomic E-state index is 11.6. The van der Waals surface area contributed by atoms with Crippen LogP contribution in [0.1, 0.15) is 39.0 Å². The van der Waals surface area contributed by atoms with Crippen LogP contribution in [0.25, 0.3) is 0 Å². The van der Waals surface area contributed by atoms with Gasteiger partial charge in [-0.25, -0.2) is 0 Å². The lowest BCUT2D eigenvalue weighted by atomic mass is 10.1. The minimum atomic E-state index is -0.0336. The summed E-state index contributed by atoms with van der Waals surface area (Å²) in [5, 5.41) is 12.3. The van der Waals surface area contributed by atoms with Gasteiger partial charge < -0.3 is 10.4 Å². The van der Waals surface area contributed by atoms with Gasteiger partial charge in [-0.2, -0.15) is 0 Å². The highest BCUT2D eigenvalue weighted by Gasteiger charge is 2.06. The molecule has 1 aromatic rings. The minimum absolute atomic E-state index is 0.0336. The second-order valence-electron chi connectivity index (χ2n) is 4.02. The van der Waals surface area contributed by atoms with Crippen molar-refractivity contribution in [1.82, 2.24) is 0 Å². The van der Waals surface area contributed by atoms with E-state index in [9.17, 15) is 9.90 Å². The molecular formula is C13H18ClNO2. The number of benzene rings is 1. The Morgan fingerprint density at radius 1 is 1.35 bits per heavy atom. The van der Waals surface area contributed by atoms with E-state index in [0.717, 1.165) is 25.7 Å². The summed E-state index contributed by atoms with van der Waals surface area (Å²) >= 11 is 5.88. The molecule has 4 heteroatoms. The van der Waals surface area contributed by atoms with E-state index >= 15 is 0 Å². The van der Waals surface area contributed by atoms with E-state index in [0.29, 0.717) is 17.1 Å². The first-order chi connectivity index (χ1) is 8.13. The average molecular weight is 256 g/mol. The lowest BCUT2D eigenvalue weighted by molar-refractivity contribution is -0.116. The third-order valence-corrected chi connectivity index (χ3v) is 2.80. The number of phenolic OH excluding ortho intramolecular Hbond substituents is 1. The summed E-state index contributed by atoms with van der Waals surface area (Å²) in [5.74, 6) is 0.0598. The van der Waals surface area contributed by atoms with Crippen LogP contribution in [-0.2, 0) is 4.79 Å². The zero-order chi connectivity index (χ0) is 12.7. The van der Waals surface area contributed by atoms with Crippen molar-refractivity contribution in [3.8, 4) is 5.75 Å². The molecule has 3 nitrogen and oxygen atoms in total. The summed E-state index contributed by atoms with van der Waals surface area (Å²) in [6.45, 7) is 2.14. The molecule has 0 saturated heterocycles. The molecule has 0 atom stereocenters. The molecule has 0 unspecified atom stereocenters. The molecule has 0 fully saturated rings. The zero-order valence-corrected chi connectivity index (χ0v) is 10.8. The first-order valence-electron chi connectivity index (χ1n) is 5.92. The molecule has 0 aliphatic carbocycles. The number of phenols is 1. The van der Waals surface area contributed by atoms with Gasteiger partial charge in [-0.05, 0) is 18.6 Å². The molecule has 0 aliphatic rings. The predicted molar refractivity (Wildman–Crippen MR) is 70.5 cm³/mol. The third-order valence-electron chi connectivity index (χ3n) is 2.48. The molecule has 0 radical (unpaired) electrons. The van der Waals surface area contributed by atoms with Gasteiger partial charge in [-0.3, -0.25) is 4.79 Å². The molecule has 94 valence electrons. The Kier molecular flexibility index (Phi) is 5.84. The van der Waals surface area contributed by atoms with Crippen LogP contribution in [0.4, 0.5) is 5.69 Å². The predicted octanol–water partition coefficient (Wildman–Crippen LogP) is 3.95. The molecule has 1 rings (SSSR count). The monoisotopic (exact) mass is 255 g/mol. The lowest BCUT2D eigenvalue weighted by Gasteiger charge is -2.07. The molecule has 1 aromatic carbocycles. The average Bonchev–Trinajstić information content (AvgIpc) is 2.28. The summed E-state index contributed by atoms with van der Waals surface area (Å²) in [4.78, 5) is 11.6. The van der Waals surface area contributed by atoms with Crippen molar-refractivity contribution in [2.45, 2.75) is 39.0 Å². The molecule has 0 bridgehead atoms. The van der Waals surface area contributed by atoms with E-state index in [1.165, 1.54) is 12.1 Å². The fraction of sp³-hybridized carbons (Fsp3) is 0.462. The van der Waals surface area contributed by atoms with E-state index < -0.39 is 0 Å². The first-order valence-corrected chi connectivity index (χ1v) is 6.29. The molecule has 17 heavy (non-hydrogen) atoms. The molecular weight excluding hydrogens is 238 g/mol. The van der Waals surface area contributed by atoms with Gasteiger partial charge in [0.2, 0.25) is 5.91 Å². The highest BCUT2D eigenvalue weighted by Crippen LogP contribution is 2.26. The number of nitrogens with one attached hydrogen (secondary N) is 1. The highest BCUT2D eigenvalue weighted by atomic mass is 35.5. The van der Waals surface area contributed by atoms with Crippen molar-refractivity contribution in [1.29, 1.82) is 0 Å². The number of amides is 1. The van der Waals surface area contributed by atoms with Gasteiger partial charge in [0.25, 0.3) is 0 Å². The van der Waals surface area contributed by atoms with Crippen molar-refractivity contribution < 1.29 is 9.90 Å². The second-order valence-corrected chi connectivity index (χ2v) is 4.43. The van der Waals surface area contributed by atoms with Crippen LogP contribution in [0.5, 0.6) is 5.75 Å². The van der Waals surface area contributed by atoms with Gasteiger partial charge in [0.1, 0.15) is 5.75 Å². The number of hydrogen-bond donors (Lipinski definition) is 2. The van der Waals surface area contributed by atoms with Crippen molar-refractivity contribution in [3.63, 3.8) is 0 Å². The molecule has 0 spiro atoms. The van der Waals surface area contributed by atoms with Crippen molar-refractivity contribution in [3.05, 3.63) is 23.2 Å². The number of anilines is 1. The number of rotatable bonds is 6. The number of halogens is 1. The normalized spacial score (nSPS) is 10.2. The van der Waals surface area contributed by atoms with E-state index in [2.05, 4.69) is 12.2 Å². The molecule has 1 amide bonds. The minimum Gasteiger partial charge on any atom is -0.508 e. The van der Waals surface area contributed by atoms with Crippen molar-refractivity contribution in [2.24, 2.45) is 0 Å². The summed E-state index contributed by atoms with van der Waals surface area (Å²) in [7, 11) is 0. The Balaban J connectivity index is 2.40. The topological polar surface area (TPSA) is 49.3 Å². The molecule has 2 N–H and O–H groups in total. The lowest BCUT2D eigenvalue weighted by Crippen LogP contribution is -2.11. The van der Waals surface area contributed by atoms with Gasteiger partial charge in [-0.1, -0.05) is 37.8 Å². The van der Waals surface area contributed by atoms with Crippen LogP contribution in [0.2, 0.25) is 5.02 Å². The van der Waals surface area contributed by atoms with Gasteiger partial charge in [0.15, 0.2) is 0 Å². The number of unbranched alkanes of at least 4 members (excludes halogenated alkanes) is 3. The van der Waals surface area contributed by atoms with Crippen LogP contribution in [-0.4, -0.2) is 11.0 Å². The van der Waals surface area contributed by atoms with Crippen LogP contribution in [0.15, 0.2) is 18.2 Å². The summed E-state index contributed by atoms with van der Waals surface area (Å²) < 4.78 is 0. The van der Waals surface area contributed by atoms with E-state index in [1.807, 2.05) is 0 Å². The Hall–Kier alpha value is -1.22. The Labute approximate surface area is 107 Å². The summed E-state index contributed by atoms with van der Waals surface area (Å²) in [6.07, 6.45) is 4.80. The van der Waals surface area contributed by atoms with Crippen molar-refractivity contribution >= 4 is 23.2 Å². The van der Waals surface area contributed by atoms with Crippen LogP contribution < -0.4 is 5.32 Å². The highest BCUT2D eigenvalue weighted by molar-refractivity contribution is 6.33. The number of carbonyl (C=O) groups is 1. The smallest absolute Gasteiger partial charge is 0.224 e. The van der Waals surface area contributed by atoms with Gasteiger partial charge in [-0.15, -0.1) is 0 Å². The fourth-order valence-electron chi connectivity index (χ4n) is 1.53.